The molecule has 1 aliphatic heterocycles. The fourth-order valence-corrected chi connectivity index (χ4v) is 2.63. The fraction of sp³-hybridized carbons (Fsp3) is 0.389. The molecule has 1 aliphatic rings. The maximum Gasteiger partial charge on any atom is 0.345 e. The third-order valence-corrected chi connectivity index (χ3v) is 3.80. The third kappa shape index (κ3) is 4.84. The predicted molar refractivity (Wildman–Crippen MR) is 98.1 cm³/mol. The van der Waals surface area contributed by atoms with Gasteiger partial charge in [-0.1, -0.05) is 13.8 Å². The van der Waals surface area contributed by atoms with Crippen molar-refractivity contribution in [3.05, 3.63) is 29.8 Å². The number of ether oxygens (including phenoxy) is 1. The highest BCUT2D eigenvalue weighted by Crippen LogP contribution is 2.19. The van der Waals surface area contributed by atoms with Gasteiger partial charge in [0.25, 0.3) is 0 Å². The molecule has 1 fully saturated rings. The predicted octanol–water partition coefficient (Wildman–Crippen LogP) is 1.42. The molecule has 0 bridgehead atoms. The largest absolute Gasteiger partial charge is 0.390 e. The Labute approximate surface area is 161 Å². The number of nitrogens with one attached hydrogen (secondary N) is 2. The minimum absolute atomic E-state index is 0.0920. The average Bonchev–Trinajstić information content (AvgIpc) is 2.58. The topological polar surface area (TPSA) is 125 Å². The van der Waals surface area contributed by atoms with Gasteiger partial charge in [-0.05, 0) is 30.2 Å². The van der Waals surface area contributed by atoms with Gasteiger partial charge in [-0.25, -0.2) is 19.3 Å². The summed E-state index contributed by atoms with van der Waals surface area (Å²) in [5, 5.41) is 5.14. The Morgan fingerprint density at radius 3 is 2.04 bits per heavy atom. The van der Waals surface area contributed by atoms with Crippen molar-refractivity contribution in [1.82, 2.24) is 15.5 Å². The lowest BCUT2D eigenvalue weighted by molar-refractivity contribution is -0.135. The smallest absolute Gasteiger partial charge is 0.345 e. The van der Waals surface area contributed by atoms with Crippen molar-refractivity contribution in [2.24, 2.45) is 5.92 Å². The van der Waals surface area contributed by atoms with Crippen LogP contribution in [0.2, 0.25) is 0 Å². The molecular formula is C18H22N4O6. The number of anilines is 1. The summed E-state index contributed by atoms with van der Waals surface area (Å²) in [6.07, 6.45) is -0.957. The van der Waals surface area contributed by atoms with Gasteiger partial charge in [-0.15, -0.1) is 0 Å². The number of rotatable bonds is 5. The highest BCUT2D eigenvalue weighted by atomic mass is 16.6. The summed E-state index contributed by atoms with van der Waals surface area (Å²) >= 11 is 0. The Hall–Kier alpha value is -3.43. The molecule has 0 spiro atoms. The lowest BCUT2D eigenvalue weighted by atomic mass is 10.2. The van der Waals surface area contributed by atoms with E-state index in [4.69, 9.17) is 0 Å². The fourth-order valence-electron chi connectivity index (χ4n) is 2.63. The zero-order valence-electron chi connectivity index (χ0n) is 16.0. The van der Waals surface area contributed by atoms with Gasteiger partial charge in [0.05, 0.1) is 11.3 Å². The number of imide groups is 1. The van der Waals surface area contributed by atoms with Crippen LogP contribution in [0.25, 0.3) is 0 Å². The van der Waals surface area contributed by atoms with Crippen LogP contribution in [0.4, 0.5) is 15.3 Å². The van der Waals surface area contributed by atoms with E-state index in [-0.39, 0.29) is 23.1 Å². The SMILES string of the molecule is CC(=O)OC(=O)c1ccc(N2C(=O)NC(N(CC(C)C)C(C)=O)NC2=O)cc1. The van der Waals surface area contributed by atoms with Crippen molar-refractivity contribution in [3.63, 3.8) is 0 Å². The zero-order valence-corrected chi connectivity index (χ0v) is 16.0. The van der Waals surface area contributed by atoms with Crippen molar-refractivity contribution in [2.75, 3.05) is 11.4 Å². The quantitative estimate of drug-likeness (QED) is 0.579. The van der Waals surface area contributed by atoms with E-state index in [1.165, 1.54) is 36.1 Å². The maximum atomic E-state index is 12.5. The first-order valence-electron chi connectivity index (χ1n) is 8.61. The summed E-state index contributed by atoms with van der Waals surface area (Å²) in [6.45, 7) is 6.63. The minimum atomic E-state index is -0.957. The number of hydrogen-bond donors (Lipinski definition) is 2. The Bertz CT molecular complexity index is 787. The molecule has 0 aliphatic carbocycles. The van der Waals surface area contributed by atoms with E-state index in [2.05, 4.69) is 15.4 Å². The van der Waals surface area contributed by atoms with Crippen LogP contribution in [0.1, 0.15) is 38.1 Å². The Morgan fingerprint density at radius 1 is 1.07 bits per heavy atom. The van der Waals surface area contributed by atoms with Gasteiger partial charge in [-0.2, -0.15) is 0 Å². The van der Waals surface area contributed by atoms with Crippen LogP contribution in [0.5, 0.6) is 0 Å². The standard InChI is InChI=1S/C18H22N4O6/c1-10(2)9-21(11(3)23)16-19-17(26)22(18(27)20-16)14-7-5-13(6-8-14)15(25)28-12(4)24/h5-8,10,16H,9H2,1-4H3,(H,19,26)(H,20,27). The second kappa shape index (κ2) is 8.51. The van der Waals surface area contributed by atoms with E-state index in [9.17, 15) is 24.0 Å². The molecule has 28 heavy (non-hydrogen) atoms. The molecule has 1 aromatic rings. The molecule has 0 atom stereocenters. The van der Waals surface area contributed by atoms with Crippen molar-refractivity contribution < 1.29 is 28.7 Å². The number of hydrogen-bond acceptors (Lipinski definition) is 6. The molecule has 10 heteroatoms. The first-order chi connectivity index (χ1) is 13.1. The molecule has 5 amide bonds. The molecule has 0 saturated carbocycles. The van der Waals surface area contributed by atoms with Crippen LogP contribution in [-0.4, -0.2) is 47.6 Å². The monoisotopic (exact) mass is 390 g/mol. The molecule has 0 unspecified atom stereocenters. The van der Waals surface area contributed by atoms with Crippen molar-refractivity contribution in [3.8, 4) is 0 Å². The van der Waals surface area contributed by atoms with E-state index in [1.807, 2.05) is 13.8 Å². The molecule has 0 aromatic heterocycles. The average molecular weight is 390 g/mol. The van der Waals surface area contributed by atoms with Crippen LogP contribution in [-0.2, 0) is 14.3 Å². The van der Waals surface area contributed by atoms with Crippen LogP contribution in [0.15, 0.2) is 24.3 Å². The Morgan fingerprint density at radius 2 is 1.61 bits per heavy atom. The van der Waals surface area contributed by atoms with Gasteiger partial charge in [0.2, 0.25) is 5.91 Å². The zero-order chi connectivity index (χ0) is 21.0. The summed E-state index contributed by atoms with van der Waals surface area (Å²) in [6, 6.07) is 3.95. The number of urea groups is 2. The second-order valence-corrected chi connectivity index (χ2v) is 6.63. The van der Waals surface area contributed by atoms with Crippen molar-refractivity contribution in [2.45, 2.75) is 34.0 Å². The highest BCUT2D eigenvalue weighted by Gasteiger charge is 2.36. The van der Waals surface area contributed by atoms with Gasteiger partial charge in [0, 0.05) is 20.4 Å². The summed E-state index contributed by atoms with van der Waals surface area (Å²) in [5.74, 6) is -1.73. The first-order valence-corrected chi connectivity index (χ1v) is 8.61. The molecule has 2 N–H and O–H groups in total. The summed E-state index contributed by atoms with van der Waals surface area (Å²) in [5.41, 5.74) is 0.292. The van der Waals surface area contributed by atoms with Crippen LogP contribution >= 0.6 is 0 Å². The summed E-state index contributed by atoms with van der Waals surface area (Å²) in [4.78, 5) is 61.5. The molecule has 150 valence electrons. The normalized spacial score (nSPS) is 14.4. The van der Waals surface area contributed by atoms with Gasteiger partial charge >= 0.3 is 24.0 Å². The van der Waals surface area contributed by atoms with Gasteiger partial charge in [0.1, 0.15) is 0 Å². The van der Waals surface area contributed by atoms with Crippen LogP contribution in [0, 0.1) is 5.92 Å². The molecule has 1 saturated heterocycles. The molecular weight excluding hydrogens is 368 g/mol. The molecule has 1 heterocycles. The molecule has 2 rings (SSSR count). The van der Waals surface area contributed by atoms with E-state index >= 15 is 0 Å². The van der Waals surface area contributed by atoms with E-state index in [0.717, 1.165) is 11.8 Å². The summed E-state index contributed by atoms with van der Waals surface area (Å²) in [7, 11) is 0. The molecule has 10 nitrogen and oxygen atoms in total. The Balaban J connectivity index is 2.16. The molecule has 0 radical (unpaired) electrons. The number of carbonyl (C=O) groups is 5. The van der Waals surface area contributed by atoms with Crippen LogP contribution < -0.4 is 15.5 Å². The number of nitrogens with zero attached hydrogens (tertiary/aromatic N) is 2. The number of amides is 5. The van der Waals surface area contributed by atoms with Crippen molar-refractivity contribution >= 4 is 35.6 Å². The first kappa shape index (κ1) is 20.9. The van der Waals surface area contributed by atoms with E-state index in [1.54, 1.807) is 0 Å². The van der Waals surface area contributed by atoms with Gasteiger partial charge in [0.15, 0.2) is 6.29 Å². The second-order valence-electron chi connectivity index (χ2n) is 6.63. The summed E-state index contributed by atoms with van der Waals surface area (Å²) < 4.78 is 4.47. The number of benzene rings is 1. The van der Waals surface area contributed by atoms with E-state index < -0.39 is 30.3 Å². The van der Waals surface area contributed by atoms with Gasteiger partial charge in [-0.3, -0.25) is 20.2 Å². The van der Waals surface area contributed by atoms with Gasteiger partial charge < -0.3 is 9.64 Å². The van der Waals surface area contributed by atoms with E-state index in [0.29, 0.717) is 6.54 Å². The number of esters is 2. The minimum Gasteiger partial charge on any atom is -0.390 e. The lowest BCUT2D eigenvalue weighted by Crippen LogP contribution is -2.69. The Kier molecular flexibility index (Phi) is 6.34. The van der Waals surface area contributed by atoms with Crippen LogP contribution in [0.3, 0.4) is 0 Å². The highest BCUT2D eigenvalue weighted by molar-refractivity contribution is 6.15. The maximum absolute atomic E-state index is 12.5. The lowest BCUT2D eigenvalue weighted by Gasteiger charge is -2.38. The third-order valence-electron chi connectivity index (χ3n) is 3.80. The molecule has 1 aromatic carbocycles. The number of carbonyl (C=O) groups excluding carboxylic acids is 5. The van der Waals surface area contributed by atoms with Crippen molar-refractivity contribution in [1.29, 1.82) is 0 Å².